The predicted octanol–water partition coefficient (Wildman–Crippen LogP) is 1.30. The average molecular weight is 239 g/mol. The van der Waals surface area contributed by atoms with Crippen LogP contribution in [-0.2, 0) is 16.0 Å². The highest BCUT2D eigenvalue weighted by atomic mass is 32.2. The van der Waals surface area contributed by atoms with Gasteiger partial charge in [-0.05, 0) is 12.0 Å². The second kappa shape index (κ2) is 4.33. The number of fused-ring (bicyclic) bond motifs is 1. The van der Waals surface area contributed by atoms with Crippen molar-refractivity contribution in [2.24, 2.45) is 0 Å². The molecule has 4 nitrogen and oxygen atoms in total. The first kappa shape index (κ1) is 11.3. The number of methoxy groups -OCH3 is 1. The summed E-state index contributed by atoms with van der Waals surface area (Å²) in [6.45, 7) is 2.00. The van der Waals surface area contributed by atoms with Crippen molar-refractivity contribution < 1.29 is 9.53 Å². The van der Waals surface area contributed by atoms with Gasteiger partial charge < -0.3 is 9.72 Å². The Balaban J connectivity index is 2.51. The van der Waals surface area contributed by atoms with Gasteiger partial charge in [-0.25, -0.2) is 0 Å². The molecule has 0 saturated heterocycles. The zero-order valence-corrected chi connectivity index (χ0v) is 10.0. The molecule has 1 N–H and O–H groups in total. The van der Waals surface area contributed by atoms with E-state index >= 15 is 0 Å². The van der Waals surface area contributed by atoms with Crippen LogP contribution < -0.4 is 5.56 Å². The molecule has 0 fully saturated rings. The molecule has 1 aromatic heterocycles. The first-order valence-corrected chi connectivity index (χ1v) is 6.12. The summed E-state index contributed by atoms with van der Waals surface area (Å²) in [7, 11) is 1.37. The van der Waals surface area contributed by atoms with Gasteiger partial charge in [-0.3, -0.25) is 9.59 Å². The lowest BCUT2D eigenvalue weighted by Crippen LogP contribution is -2.18. The van der Waals surface area contributed by atoms with Crippen LogP contribution in [0.2, 0.25) is 0 Å². The SMILES string of the molecule is CCc1cc(=O)[nH]c2c1SCC2C(=O)OC. The minimum Gasteiger partial charge on any atom is -0.468 e. The molecule has 1 aromatic rings. The van der Waals surface area contributed by atoms with E-state index in [2.05, 4.69) is 4.98 Å². The van der Waals surface area contributed by atoms with E-state index in [1.54, 1.807) is 17.8 Å². The van der Waals surface area contributed by atoms with Crippen LogP contribution in [0.3, 0.4) is 0 Å². The van der Waals surface area contributed by atoms with Gasteiger partial charge in [-0.15, -0.1) is 11.8 Å². The predicted molar refractivity (Wildman–Crippen MR) is 61.9 cm³/mol. The van der Waals surface area contributed by atoms with E-state index in [9.17, 15) is 9.59 Å². The molecule has 1 aliphatic heterocycles. The normalized spacial score (nSPS) is 18.2. The van der Waals surface area contributed by atoms with Gasteiger partial charge in [0.15, 0.2) is 0 Å². The van der Waals surface area contributed by atoms with Crippen molar-refractivity contribution in [1.29, 1.82) is 0 Å². The Morgan fingerprint density at radius 3 is 3.06 bits per heavy atom. The third-order valence-electron chi connectivity index (χ3n) is 2.71. The maximum atomic E-state index is 11.5. The van der Waals surface area contributed by atoms with Crippen molar-refractivity contribution in [3.8, 4) is 0 Å². The number of ether oxygens (including phenoxy) is 1. The number of aromatic nitrogens is 1. The molecule has 0 aliphatic carbocycles. The first-order valence-electron chi connectivity index (χ1n) is 5.14. The van der Waals surface area contributed by atoms with Gasteiger partial charge >= 0.3 is 5.97 Å². The summed E-state index contributed by atoms with van der Waals surface area (Å²) >= 11 is 1.61. The Hall–Kier alpha value is -1.23. The van der Waals surface area contributed by atoms with Gasteiger partial charge in [0.1, 0.15) is 5.92 Å². The molecule has 0 bridgehead atoms. The summed E-state index contributed by atoms with van der Waals surface area (Å²) in [6, 6.07) is 1.60. The van der Waals surface area contributed by atoms with E-state index in [4.69, 9.17) is 4.74 Å². The van der Waals surface area contributed by atoms with Gasteiger partial charge in [-0.1, -0.05) is 6.92 Å². The van der Waals surface area contributed by atoms with Gasteiger partial charge in [-0.2, -0.15) is 0 Å². The summed E-state index contributed by atoms with van der Waals surface area (Å²) in [5.41, 5.74) is 1.59. The third-order valence-corrected chi connectivity index (χ3v) is 3.98. The van der Waals surface area contributed by atoms with E-state index in [-0.39, 0.29) is 17.4 Å². The number of rotatable bonds is 2. The Bertz CT molecular complexity index is 481. The molecule has 86 valence electrons. The summed E-state index contributed by atoms with van der Waals surface area (Å²) in [6.07, 6.45) is 0.799. The zero-order valence-electron chi connectivity index (χ0n) is 9.20. The molecule has 0 saturated carbocycles. The van der Waals surface area contributed by atoms with Gasteiger partial charge in [0.25, 0.3) is 0 Å². The Morgan fingerprint density at radius 2 is 2.44 bits per heavy atom. The van der Waals surface area contributed by atoms with E-state index in [1.807, 2.05) is 6.92 Å². The lowest BCUT2D eigenvalue weighted by atomic mass is 10.0. The maximum absolute atomic E-state index is 11.5. The molecular formula is C11H13NO3S. The summed E-state index contributed by atoms with van der Waals surface area (Å²) in [5, 5.41) is 0. The monoisotopic (exact) mass is 239 g/mol. The standard InChI is InChI=1S/C11H13NO3S/c1-3-6-4-8(13)12-9-7(11(14)15-2)5-16-10(6)9/h4,7H,3,5H2,1-2H3,(H,12,13). The molecule has 1 aliphatic rings. The van der Waals surface area contributed by atoms with Crippen molar-refractivity contribution in [2.75, 3.05) is 12.9 Å². The van der Waals surface area contributed by atoms with Crippen molar-refractivity contribution in [2.45, 2.75) is 24.2 Å². The second-order valence-electron chi connectivity index (χ2n) is 3.64. The smallest absolute Gasteiger partial charge is 0.315 e. The van der Waals surface area contributed by atoms with Gasteiger partial charge in [0.05, 0.1) is 7.11 Å². The Morgan fingerprint density at radius 1 is 1.69 bits per heavy atom. The lowest BCUT2D eigenvalue weighted by Gasteiger charge is -2.08. The molecule has 1 unspecified atom stereocenters. The minimum atomic E-state index is -0.329. The molecule has 1 atom stereocenters. The highest BCUT2D eigenvalue weighted by Gasteiger charge is 2.32. The minimum absolute atomic E-state index is 0.146. The van der Waals surface area contributed by atoms with Gasteiger partial charge in [0.2, 0.25) is 5.56 Å². The molecule has 0 spiro atoms. The average Bonchev–Trinajstić information content (AvgIpc) is 2.70. The number of aryl methyl sites for hydroxylation is 1. The maximum Gasteiger partial charge on any atom is 0.315 e. The number of hydrogen-bond donors (Lipinski definition) is 1. The second-order valence-corrected chi connectivity index (χ2v) is 4.67. The van der Waals surface area contributed by atoms with Crippen LogP contribution in [0.15, 0.2) is 15.8 Å². The van der Waals surface area contributed by atoms with Crippen molar-refractivity contribution in [3.05, 3.63) is 27.7 Å². The Kier molecular flexibility index (Phi) is 3.05. The number of hydrogen-bond acceptors (Lipinski definition) is 4. The number of nitrogens with one attached hydrogen (secondary N) is 1. The van der Waals surface area contributed by atoms with E-state index in [0.29, 0.717) is 5.75 Å². The van der Waals surface area contributed by atoms with E-state index in [1.165, 1.54) is 7.11 Å². The van der Waals surface area contributed by atoms with Crippen molar-refractivity contribution in [1.82, 2.24) is 4.98 Å². The van der Waals surface area contributed by atoms with Crippen molar-refractivity contribution in [3.63, 3.8) is 0 Å². The fourth-order valence-electron chi connectivity index (χ4n) is 1.88. The molecule has 2 rings (SSSR count). The summed E-state index contributed by atoms with van der Waals surface area (Å²) in [5.74, 6) is 0.0361. The third kappa shape index (κ3) is 1.75. The van der Waals surface area contributed by atoms with Crippen LogP contribution in [0.1, 0.15) is 24.1 Å². The molecule has 2 heterocycles. The van der Waals surface area contributed by atoms with Crippen LogP contribution in [0.5, 0.6) is 0 Å². The number of aromatic amines is 1. The van der Waals surface area contributed by atoms with E-state index in [0.717, 1.165) is 22.6 Å². The molecule has 5 heteroatoms. The quantitative estimate of drug-likeness (QED) is 0.790. The zero-order chi connectivity index (χ0) is 11.7. The van der Waals surface area contributed by atoms with Gasteiger partial charge in [0, 0.05) is 22.4 Å². The number of H-pyrrole nitrogens is 1. The summed E-state index contributed by atoms with van der Waals surface area (Å²) < 4.78 is 4.73. The van der Waals surface area contributed by atoms with E-state index < -0.39 is 0 Å². The van der Waals surface area contributed by atoms with Crippen LogP contribution in [0.4, 0.5) is 0 Å². The first-order chi connectivity index (χ1) is 7.67. The number of carbonyl (C=O) groups is 1. The Labute approximate surface area is 97.4 Å². The highest BCUT2D eigenvalue weighted by Crippen LogP contribution is 2.40. The molecule has 0 aromatic carbocycles. The van der Waals surface area contributed by atoms with Crippen molar-refractivity contribution >= 4 is 17.7 Å². The number of pyridine rings is 1. The van der Waals surface area contributed by atoms with Crippen LogP contribution >= 0.6 is 11.8 Å². The molecule has 16 heavy (non-hydrogen) atoms. The number of thioether (sulfide) groups is 1. The fraction of sp³-hybridized carbons (Fsp3) is 0.455. The highest BCUT2D eigenvalue weighted by molar-refractivity contribution is 7.99. The van der Waals surface area contributed by atoms with Crippen LogP contribution in [0.25, 0.3) is 0 Å². The van der Waals surface area contributed by atoms with Crippen LogP contribution in [-0.4, -0.2) is 23.8 Å². The largest absolute Gasteiger partial charge is 0.468 e. The summed E-state index contributed by atoms with van der Waals surface area (Å²) in [4.78, 5) is 26.8. The molecule has 0 radical (unpaired) electrons. The lowest BCUT2D eigenvalue weighted by molar-refractivity contribution is -0.141. The fourth-order valence-corrected chi connectivity index (χ4v) is 3.25. The van der Waals surface area contributed by atoms with Crippen LogP contribution in [0, 0.1) is 0 Å². The molecular weight excluding hydrogens is 226 g/mol. The number of esters is 1. The topological polar surface area (TPSA) is 59.2 Å². The number of carbonyl (C=O) groups excluding carboxylic acids is 1. The molecule has 0 amide bonds.